The van der Waals surface area contributed by atoms with Crippen molar-refractivity contribution in [3.63, 3.8) is 0 Å². The van der Waals surface area contributed by atoms with Gasteiger partial charge in [0.05, 0.1) is 4.92 Å². The molecule has 1 aromatic heterocycles. The summed E-state index contributed by atoms with van der Waals surface area (Å²) in [7, 11) is 1.76. The molecule has 0 atom stereocenters. The van der Waals surface area contributed by atoms with E-state index in [1.807, 2.05) is 0 Å². The second-order valence-corrected chi connectivity index (χ2v) is 4.44. The van der Waals surface area contributed by atoms with Crippen molar-refractivity contribution in [3.8, 4) is 0 Å². The highest BCUT2D eigenvalue weighted by Gasteiger charge is 2.14. The standard InChI is InChI=1S/C10H9FN4O2S/c1-14-10(12-6-13-14)18-5-7-2-3-9(15(16)17)8(11)4-7/h2-4,6H,5H2,1H3. The highest BCUT2D eigenvalue weighted by atomic mass is 32.2. The molecule has 0 amide bonds. The van der Waals surface area contributed by atoms with Crippen molar-refractivity contribution in [2.45, 2.75) is 10.9 Å². The van der Waals surface area contributed by atoms with Crippen LogP contribution in [0.1, 0.15) is 5.56 Å². The minimum Gasteiger partial charge on any atom is -0.258 e. The largest absolute Gasteiger partial charge is 0.304 e. The second-order valence-electron chi connectivity index (χ2n) is 3.50. The third-order valence-corrected chi connectivity index (χ3v) is 3.35. The third kappa shape index (κ3) is 2.65. The number of hydrogen-bond donors (Lipinski definition) is 0. The van der Waals surface area contributed by atoms with E-state index in [0.29, 0.717) is 16.5 Å². The number of nitro groups is 1. The van der Waals surface area contributed by atoms with Crippen molar-refractivity contribution in [1.29, 1.82) is 0 Å². The third-order valence-electron chi connectivity index (χ3n) is 2.25. The molecular weight excluding hydrogens is 259 g/mol. The van der Waals surface area contributed by atoms with Crippen molar-refractivity contribution in [2.75, 3.05) is 0 Å². The van der Waals surface area contributed by atoms with E-state index in [1.54, 1.807) is 11.7 Å². The Labute approximate surface area is 106 Å². The maximum Gasteiger partial charge on any atom is 0.304 e. The van der Waals surface area contributed by atoms with E-state index in [4.69, 9.17) is 0 Å². The zero-order valence-corrected chi connectivity index (χ0v) is 10.2. The number of aryl methyl sites for hydroxylation is 1. The number of hydrogen-bond acceptors (Lipinski definition) is 5. The van der Waals surface area contributed by atoms with Crippen LogP contribution in [0.5, 0.6) is 0 Å². The quantitative estimate of drug-likeness (QED) is 0.482. The zero-order chi connectivity index (χ0) is 13.1. The fourth-order valence-electron chi connectivity index (χ4n) is 1.35. The van der Waals surface area contributed by atoms with Gasteiger partial charge in [0.2, 0.25) is 5.82 Å². The fourth-order valence-corrected chi connectivity index (χ4v) is 2.18. The first-order valence-corrected chi connectivity index (χ1v) is 5.96. The van der Waals surface area contributed by atoms with Crippen molar-refractivity contribution in [3.05, 3.63) is 46.0 Å². The van der Waals surface area contributed by atoms with Gasteiger partial charge < -0.3 is 0 Å². The molecule has 0 aliphatic rings. The summed E-state index contributed by atoms with van der Waals surface area (Å²) in [6, 6.07) is 3.87. The number of nitrogens with zero attached hydrogens (tertiary/aromatic N) is 4. The molecule has 0 N–H and O–H groups in total. The predicted molar refractivity (Wildman–Crippen MR) is 63.6 cm³/mol. The minimum absolute atomic E-state index is 0.474. The molecule has 0 aliphatic carbocycles. The van der Waals surface area contributed by atoms with Crippen molar-refractivity contribution < 1.29 is 9.31 Å². The molecule has 1 aromatic carbocycles. The Morgan fingerprint density at radius 1 is 1.56 bits per heavy atom. The lowest BCUT2D eigenvalue weighted by Crippen LogP contribution is -1.95. The first kappa shape index (κ1) is 12.5. The van der Waals surface area contributed by atoms with Gasteiger partial charge in [-0.25, -0.2) is 9.67 Å². The summed E-state index contributed by atoms with van der Waals surface area (Å²) in [6.45, 7) is 0. The normalized spacial score (nSPS) is 10.6. The van der Waals surface area contributed by atoms with Crippen molar-refractivity contribution in [1.82, 2.24) is 14.8 Å². The summed E-state index contributed by atoms with van der Waals surface area (Å²) in [5.41, 5.74) is 0.147. The van der Waals surface area contributed by atoms with Gasteiger partial charge in [-0.15, -0.1) is 0 Å². The summed E-state index contributed by atoms with van der Waals surface area (Å²) in [5.74, 6) is -0.349. The minimum atomic E-state index is -0.823. The SMILES string of the molecule is Cn1ncnc1SCc1ccc([N+](=O)[O-])c(F)c1. The topological polar surface area (TPSA) is 73.8 Å². The maximum absolute atomic E-state index is 13.4. The van der Waals surface area contributed by atoms with Gasteiger partial charge in [0.15, 0.2) is 5.16 Å². The molecule has 2 aromatic rings. The number of halogens is 1. The van der Waals surface area contributed by atoms with E-state index in [0.717, 1.165) is 0 Å². The summed E-state index contributed by atoms with van der Waals surface area (Å²) >= 11 is 1.38. The number of nitro benzene ring substituents is 1. The Morgan fingerprint density at radius 2 is 2.33 bits per heavy atom. The first-order chi connectivity index (χ1) is 8.58. The molecule has 8 heteroatoms. The van der Waals surface area contributed by atoms with Crippen molar-refractivity contribution >= 4 is 17.4 Å². The number of aromatic nitrogens is 3. The van der Waals surface area contributed by atoms with Crippen LogP contribution in [-0.4, -0.2) is 19.7 Å². The first-order valence-electron chi connectivity index (χ1n) is 4.97. The van der Waals surface area contributed by atoms with Crippen LogP contribution in [0.4, 0.5) is 10.1 Å². The van der Waals surface area contributed by atoms with E-state index < -0.39 is 16.4 Å². The van der Waals surface area contributed by atoms with Gasteiger partial charge in [0.25, 0.3) is 0 Å². The van der Waals surface area contributed by atoms with E-state index in [9.17, 15) is 14.5 Å². The lowest BCUT2D eigenvalue weighted by molar-refractivity contribution is -0.387. The van der Waals surface area contributed by atoms with Crippen molar-refractivity contribution in [2.24, 2.45) is 7.05 Å². The molecule has 0 radical (unpaired) electrons. The summed E-state index contributed by atoms with van der Waals surface area (Å²) in [4.78, 5) is 13.7. The van der Waals surface area contributed by atoms with Gasteiger partial charge in [-0.1, -0.05) is 17.8 Å². The van der Waals surface area contributed by atoms with Crippen LogP contribution in [0.15, 0.2) is 29.7 Å². The average Bonchev–Trinajstić information content (AvgIpc) is 2.72. The molecule has 2 rings (SSSR count). The highest BCUT2D eigenvalue weighted by Crippen LogP contribution is 2.23. The molecule has 0 saturated carbocycles. The van der Waals surface area contributed by atoms with Crippen LogP contribution in [-0.2, 0) is 12.8 Å². The molecule has 0 spiro atoms. The van der Waals surface area contributed by atoms with Gasteiger partial charge in [-0.2, -0.15) is 9.49 Å². The number of benzene rings is 1. The van der Waals surface area contributed by atoms with Crippen LogP contribution < -0.4 is 0 Å². The Hall–Kier alpha value is -1.96. The average molecular weight is 268 g/mol. The van der Waals surface area contributed by atoms with Gasteiger partial charge in [0.1, 0.15) is 6.33 Å². The molecule has 0 bridgehead atoms. The smallest absolute Gasteiger partial charge is 0.258 e. The summed E-state index contributed by atoms with van der Waals surface area (Å²) in [6.07, 6.45) is 1.43. The van der Waals surface area contributed by atoms with Gasteiger partial charge >= 0.3 is 5.69 Å². The molecule has 94 valence electrons. The lowest BCUT2D eigenvalue weighted by atomic mass is 10.2. The molecular formula is C10H9FN4O2S. The lowest BCUT2D eigenvalue weighted by Gasteiger charge is -2.01. The Balaban J connectivity index is 2.09. The van der Waals surface area contributed by atoms with Crippen LogP contribution >= 0.6 is 11.8 Å². The van der Waals surface area contributed by atoms with E-state index in [-0.39, 0.29) is 0 Å². The monoisotopic (exact) mass is 268 g/mol. The van der Waals surface area contributed by atoms with E-state index in [2.05, 4.69) is 10.1 Å². The van der Waals surface area contributed by atoms with Crippen LogP contribution in [0.2, 0.25) is 0 Å². The molecule has 1 heterocycles. The van der Waals surface area contributed by atoms with Crippen LogP contribution in [0.3, 0.4) is 0 Å². The molecule has 0 saturated heterocycles. The molecule has 0 fully saturated rings. The zero-order valence-electron chi connectivity index (χ0n) is 9.41. The van der Waals surface area contributed by atoms with E-state index in [1.165, 1.54) is 36.3 Å². The van der Waals surface area contributed by atoms with Crippen LogP contribution in [0.25, 0.3) is 0 Å². The molecule has 0 aliphatic heterocycles. The molecule has 0 unspecified atom stereocenters. The second kappa shape index (κ2) is 5.13. The molecule has 18 heavy (non-hydrogen) atoms. The predicted octanol–water partition coefficient (Wildman–Crippen LogP) is 2.15. The summed E-state index contributed by atoms with van der Waals surface area (Å²) < 4.78 is 15.0. The Kier molecular flexibility index (Phi) is 3.56. The van der Waals surface area contributed by atoms with Gasteiger partial charge in [-0.3, -0.25) is 10.1 Å². The Bertz CT molecular complexity index is 587. The fraction of sp³-hybridized carbons (Fsp3) is 0.200. The van der Waals surface area contributed by atoms with Gasteiger partial charge in [-0.05, 0) is 11.6 Å². The highest BCUT2D eigenvalue weighted by molar-refractivity contribution is 7.98. The Morgan fingerprint density at radius 3 is 2.89 bits per heavy atom. The molecule has 6 nitrogen and oxygen atoms in total. The van der Waals surface area contributed by atoms with Gasteiger partial charge in [0, 0.05) is 18.9 Å². The number of rotatable bonds is 4. The number of thioether (sulfide) groups is 1. The van der Waals surface area contributed by atoms with Crippen LogP contribution in [0, 0.1) is 15.9 Å². The maximum atomic E-state index is 13.4. The summed E-state index contributed by atoms with van der Waals surface area (Å²) in [5, 5.41) is 15.1. The van der Waals surface area contributed by atoms with E-state index >= 15 is 0 Å².